The Kier molecular flexibility index (Phi) is 7.75. The van der Waals surface area contributed by atoms with Gasteiger partial charge < -0.3 is 15.8 Å². The number of hydrogen-bond donors (Lipinski definition) is 2. The van der Waals surface area contributed by atoms with Crippen molar-refractivity contribution in [3.63, 3.8) is 0 Å². The minimum Gasteiger partial charge on any atom is -0.495 e. The predicted octanol–water partition coefficient (Wildman–Crippen LogP) is 3.77. The van der Waals surface area contributed by atoms with Crippen molar-refractivity contribution in [3.05, 3.63) is 72.2 Å². The van der Waals surface area contributed by atoms with Gasteiger partial charge in [-0.05, 0) is 30.5 Å². The summed E-state index contributed by atoms with van der Waals surface area (Å²) in [5.41, 5.74) is 4.37. The molecule has 3 N–H and O–H groups in total. The van der Waals surface area contributed by atoms with Crippen molar-refractivity contribution >= 4 is 11.9 Å². The fourth-order valence-corrected chi connectivity index (χ4v) is 4.06. The smallest absolute Gasteiger partial charge is 0.435 e. The molecule has 2 aromatic rings. The summed E-state index contributed by atoms with van der Waals surface area (Å²) in [5.74, 6) is -1.02. The number of aromatic nitrogens is 3. The van der Waals surface area contributed by atoms with E-state index in [0.717, 1.165) is 43.9 Å². The van der Waals surface area contributed by atoms with E-state index in [1.54, 1.807) is 12.4 Å². The Balaban J connectivity index is 1.88. The molecule has 0 aromatic carbocycles. The molecule has 0 spiro atoms. The Hall–Kier alpha value is -3.63. The number of ether oxygens (including phenoxy) is 1. The Morgan fingerprint density at radius 3 is 2.71 bits per heavy atom. The van der Waals surface area contributed by atoms with Crippen molar-refractivity contribution in [2.24, 2.45) is 10.7 Å². The SMILES string of the molecule is C=C/C(=C\N=C(N)n1cc(C(=O)NCC2(c3cccnc3)CCCCC2)c(C(F)(F)F)n1)OC. The van der Waals surface area contributed by atoms with E-state index in [1.165, 1.54) is 19.4 Å². The third-order valence-corrected chi connectivity index (χ3v) is 5.89. The third kappa shape index (κ3) is 5.64. The monoisotopic (exact) mass is 476 g/mol. The van der Waals surface area contributed by atoms with Crippen LogP contribution in [0.15, 0.2) is 60.3 Å². The first-order valence-electron chi connectivity index (χ1n) is 10.8. The van der Waals surface area contributed by atoms with Gasteiger partial charge in [-0.1, -0.05) is 31.9 Å². The van der Waals surface area contributed by atoms with Gasteiger partial charge in [0.1, 0.15) is 5.76 Å². The Morgan fingerprint density at radius 1 is 1.38 bits per heavy atom. The second kappa shape index (κ2) is 10.5. The van der Waals surface area contributed by atoms with E-state index in [-0.39, 0.29) is 23.7 Å². The molecule has 34 heavy (non-hydrogen) atoms. The summed E-state index contributed by atoms with van der Waals surface area (Å²) in [6, 6.07) is 3.75. The maximum absolute atomic E-state index is 13.7. The van der Waals surface area contributed by atoms with E-state index in [2.05, 4.69) is 27.0 Å². The van der Waals surface area contributed by atoms with Crippen LogP contribution in [-0.2, 0) is 16.3 Å². The van der Waals surface area contributed by atoms with Crippen molar-refractivity contribution in [3.8, 4) is 0 Å². The van der Waals surface area contributed by atoms with E-state index in [4.69, 9.17) is 10.5 Å². The Labute approximate surface area is 195 Å². The number of amides is 1. The molecule has 0 atom stereocenters. The lowest BCUT2D eigenvalue weighted by Gasteiger charge is -2.37. The van der Waals surface area contributed by atoms with Gasteiger partial charge in [-0.25, -0.2) is 9.67 Å². The van der Waals surface area contributed by atoms with E-state index < -0.39 is 23.3 Å². The number of nitrogens with zero attached hydrogens (tertiary/aromatic N) is 4. The lowest BCUT2D eigenvalue weighted by molar-refractivity contribution is -0.141. The first-order valence-corrected chi connectivity index (χ1v) is 10.8. The maximum Gasteiger partial charge on any atom is 0.435 e. The standard InChI is InChI=1S/C23H27F3N6O2/c1-3-17(34-2)13-29-21(27)32-14-18(19(31-32)23(24,25)26)20(33)30-15-22(9-5-4-6-10-22)16-8-7-11-28-12-16/h3,7-8,11-14H,1,4-6,9-10,15H2,2H3,(H2,27,29)(H,30,33)/b17-13+. The van der Waals surface area contributed by atoms with Crippen molar-refractivity contribution in [2.45, 2.75) is 43.7 Å². The largest absolute Gasteiger partial charge is 0.495 e. The highest BCUT2D eigenvalue weighted by molar-refractivity contribution is 5.96. The number of nitrogens with two attached hydrogens (primary N) is 1. The number of hydrogen-bond acceptors (Lipinski definition) is 5. The second-order valence-electron chi connectivity index (χ2n) is 8.03. The molecule has 0 radical (unpaired) electrons. The van der Waals surface area contributed by atoms with Crippen molar-refractivity contribution < 1.29 is 22.7 Å². The molecule has 11 heteroatoms. The Bertz CT molecular complexity index is 1070. The van der Waals surface area contributed by atoms with E-state index in [9.17, 15) is 18.0 Å². The van der Waals surface area contributed by atoms with E-state index in [1.807, 2.05) is 12.1 Å². The van der Waals surface area contributed by atoms with Gasteiger partial charge in [0.25, 0.3) is 5.91 Å². The van der Waals surface area contributed by atoms with Gasteiger partial charge in [0.05, 0.1) is 18.9 Å². The van der Waals surface area contributed by atoms with E-state index in [0.29, 0.717) is 4.68 Å². The number of nitrogens with one attached hydrogen (secondary N) is 1. The number of rotatable bonds is 7. The van der Waals surface area contributed by atoms with E-state index >= 15 is 0 Å². The molecule has 1 fully saturated rings. The molecule has 2 heterocycles. The van der Waals surface area contributed by atoms with Crippen LogP contribution < -0.4 is 11.1 Å². The van der Waals surface area contributed by atoms with Crippen LogP contribution in [0.1, 0.15) is 53.7 Å². The molecule has 2 aromatic heterocycles. The first kappa shape index (κ1) is 25.0. The minimum atomic E-state index is -4.86. The molecular formula is C23H27F3N6O2. The van der Waals surface area contributed by atoms with Crippen LogP contribution in [0, 0.1) is 0 Å². The number of aliphatic imine (C=N–C) groups is 1. The zero-order valence-electron chi connectivity index (χ0n) is 18.8. The summed E-state index contributed by atoms with van der Waals surface area (Å²) in [4.78, 5) is 20.9. The van der Waals surface area contributed by atoms with Gasteiger partial charge in [-0.15, -0.1) is 0 Å². The van der Waals surface area contributed by atoms with Crippen LogP contribution >= 0.6 is 0 Å². The van der Waals surface area contributed by atoms with Crippen LogP contribution in [0.3, 0.4) is 0 Å². The van der Waals surface area contributed by atoms with Gasteiger partial charge >= 0.3 is 6.18 Å². The normalized spacial score (nSPS) is 16.7. The van der Waals surface area contributed by atoms with Crippen LogP contribution in [0.2, 0.25) is 0 Å². The summed E-state index contributed by atoms with van der Waals surface area (Å²) in [7, 11) is 1.38. The highest BCUT2D eigenvalue weighted by Gasteiger charge is 2.40. The number of allylic oxidation sites excluding steroid dienone is 1. The van der Waals surface area contributed by atoms with Crippen LogP contribution in [0.25, 0.3) is 0 Å². The predicted molar refractivity (Wildman–Crippen MR) is 121 cm³/mol. The number of methoxy groups -OCH3 is 1. The summed E-state index contributed by atoms with van der Waals surface area (Å²) in [6.07, 6.45) is 6.61. The Morgan fingerprint density at radius 2 is 2.12 bits per heavy atom. The average molecular weight is 477 g/mol. The third-order valence-electron chi connectivity index (χ3n) is 5.89. The highest BCUT2D eigenvalue weighted by Crippen LogP contribution is 2.39. The van der Waals surface area contributed by atoms with Gasteiger partial charge in [0.2, 0.25) is 5.96 Å². The molecular weight excluding hydrogens is 449 g/mol. The lowest BCUT2D eigenvalue weighted by Crippen LogP contribution is -2.42. The van der Waals surface area contributed by atoms with Gasteiger partial charge in [0.15, 0.2) is 5.69 Å². The number of carbonyl (C=O) groups excluding carboxylic acids is 1. The lowest BCUT2D eigenvalue weighted by atomic mass is 9.70. The van der Waals surface area contributed by atoms with Crippen LogP contribution in [0.4, 0.5) is 13.2 Å². The fourth-order valence-electron chi connectivity index (χ4n) is 4.06. The summed E-state index contributed by atoms with van der Waals surface area (Å²) < 4.78 is 46.6. The molecule has 8 nitrogen and oxygen atoms in total. The van der Waals surface area contributed by atoms with Gasteiger partial charge in [-0.3, -0.25) is 9.78 Å². The molecule has 0 aliphatic heterocycles. The van der Waals surface area contributed by atoms with Crippen molar-refractivity contribution in [1.29, 1.82) is 0 Å². The number of carbonyl (C=O) groups is 1. The summed E-state index contributed by atoms with van der Waals surface area (Å²) >= 11 is 0. The molecule has 1 aliphatic rings. The van der Waals surface area contributed by atoms with Crippen LogP contribution in [-0.4, -0.2) is 40.3 Å². The van der Waals surface area contributed by atoms with Crippen molar-refractivity contribution in [1.82, 2.24) is 20.1 Å². The highest BCUT2D eigenvalue weighted by atomic mass is 19.4. The number of alkyl halides is 3. The average Bonchev–Trinajstić information content (AvgIpc) is 3.31. The summed E-state index contributed by atoms with van der Waals surface area (Å²) in [6.45, 7) is 3.69. The maximum atomic E-state index is 13.7. The van der Waals surface area contributed by atoms with Crippen LogP contribution in [0.5, 0.6) is 0 Å². The molecule has 1 aliphatic carbocycles. The minimum absolute atomic E-state index is 0.183. The van der Waals surface area contributed by atoms with Gasteiger partial charge in [0, 0.05) is 30.6 Å². The second-order valence-corrected chi connectivity index (χ2v) is 8.03. The molecule has 0 unspecified atom stereocenters. The molecule has 0 bridgehead atoms. The molecule has 3 rings (SSSR count). The van der Waals surface area contributed by atoms with Gasteiger partial charge in [-0.2, -0.15) is 18.3 Å². The molecule has 182 valence electrons. The number of halogens is 3. The molecule has 0 saturated heterocycles. The topological polar surface area (TPSA) is 107 Å². The van der Waals surface area contributed by atoms with Crippen molar-refractivity contribution in [2.75, 3.05) is 13.7 Å². The fraction of sp³-hybridized carbons (Fsp3) is 0.391. The quantitative estimate of drug-likeness (QED) is 0.274. The molecule has 1 saturated carbocycles. The first-order chi connectivity index (χ1) is 16.2. The zero-order valence-corrected chi connectivity index (χ0v) is 18.8. The summed E-state index contributed by atoms with van der Waals surface area (Å²) in [5, 5.41) is 6.17. The molecule has 1 amide bonds. The zero-order chi connectivity index (χ0) is 24.8. The number of pyridine rings is 1.